The zero-order valence-corrected chi connectivity index (χ0v) is 12.0. The first-order valence-corrected chi connectivity index (χ1v) is 8.41. The van der Waals surface area contributed by atoms with Gasteiger partial charge in [-0.05, 0) is 25.2 Å². The van der Waals surface area contributed by atoms with Gasteiger partial charge in [0.1, 0.15) is 0 Å². The second kappa shape index (κ2) is 8.09. The standard InChI is InChI=1S/C12H26N2O3S/c1-17-8-7-12(9-13)14-18(15,16)10-11-5-3-2-4-6-11/h11-12,14H,2-10,13H2,1H3. The third kappa shape index (κ3) is 6.13. The average Bonchev–Trinajstić information content (AvgIpc) is 2.35. The molecule has 3 N–H and O–H groups in total. The Kier molecular flexibility index (Phi) is 7.14. The minimum Gasteiger partial charge on any atom is -0.385 e. The Balaban J connectivity index is 2.41. The van der Waals surface area contributed by atoms with E-state index < -0.39 is 10.0 Å². The lowest BCUT2D eigenvalue weighted by Gasteiger charge is -2.23. The van der Waals surface area contributed by atoms with E-state index >= 15 is 0 Å². The summed E-state index contributed by atoms with van der Waals surface area (Å²) in [5.41, 5.74) is 5.57. The quantitative estimate of drug-likeness (QED) is 0.689. The first kappa shape index (κ1) is 15.9. The SMILES string of the molecule is COCCC(CN)NS(=O)(=O)CC1CCCCC1. The predicted octanol–water partition coefficient (Wildman–Crippen LogP) is 0.850. The van der Waals surface area contributed by atoms with Crippen LogP contribution in [0, 0.1) is 5.92 Å². The Hall–Kier alpha value is -0.170. The van der Waals surface area contributed by atoms with Gasteiger partial charge in [0.15, 0.2) is 0 Å². The van der Waals surface area contributed by atoms with E-state index in [1.807, 2.05) is 0 Å². The molecule has 1 saturated carbocycles. The maximum absolute atomic E-state index is 12.0. The Bertz CT molecular complexity index is 313. The molecule has 1 aliphatic carbocycles. The molecule has 0 aromatic carbocycles. The zero-order valence-electron chi connectivity index (χ0n) is 11.2. The summed E-state index contributed by atoms with van der Waals surface area (Å²) < 4.78 is 31.7. The summed E-state index contributed by atoms with van der Waals surface area (Å²) in [6.07, 6.45) is 6.24. The Morgan fingerprint density at radius 1 is 1.33 bits per heavy atom. The van der Waals surface area contributed by atoms with Crippen LogP contribution < -0.4 is 10.5 Å². The number of hydrogen-bond acceptors (Lipinski definition) is 4. The first-order valence-electron chi connectivity index (χ1n) is 6.76. The van der Waals surface area contributed by atoms with E-state index in [1.54, 1.807) is 7.11 Å². The van der Waals surface area contributed by atoms with Crippen molar-refractivity contribution < 1.29 is 13.2 Å². The highest BCUT2D eigenvalue weighted by Gasteiger charge is 2.23. The van der Waals surface area contributed by atoms with Gasteiger partial charge in [0.05, 0.1) is 5.75 Å². The molecular formula is C12H26N2O3S. The number of methoxy groups -OCH3 is 1. The van der Waals surface area contributed by atoms with Crippen molar-refractivity contribution in [2.45, 2.75) is 44.6 Å². The van der Waals surface area contributed by atoms with Gasteiger partial charge in [0, 0.05) is 26.3 Å². The largest absolute Gasteiger partial charge is 0.385 e. The van der Waals surface area contributed by atoms with Gasteiger partial charge < -0.3 is 10.5 Å². The van der Waals surface area contributed by atoms with E-state index in [0.717, 1.165) is 25.7 Å². The highest BCUT2D eigenvalue weighted by Crippen LogP contribution is 2.24. The third-order valence-corrected chi connectivity index (χ3v) is 5.08. The van der Waals surface area contributed by atoms with Crippen LogP contribution in [0.5, 0.6) is 0 Å². The number of hydrogen-bond donors (Lipinski definition) is 2. The van der Waals surface area contributed by atoms with E-state index in [0.29, 0.717) is 25.5 Å². The second-order valence-corrected chi connectivity index (χ2v) is 6.92. The van der Waals surface area contributed by atoms with Gasteiger partial charge in [-0.25, -0.2) is 13.1 Å². The molecule has 0 spiro atoms. The summed E-state index contributed by atoms with van der Waals surface area (Å²) in [5, 5.41) is 0. The molecular weight excluding hydrogens is 252 g/mol. The van der Waals surface area contributed by atoms with Gasteiger partial charge in [-0.3, -0.25) is 0 Å². The molecule has 1 atom stereocenters. The number of ether oxygens (including phenoxy) is 1. The molecule has 1 rings (SSSR count). The molecule has 0 aromatic rings. The van der Waals surface area contributed by atoms with Crippen molar-refractivity contribution in [3.63, 3.8) is 0 Å². The monoisotopic (exact) mass is 278 g/mol. The molecule has 0 amide bonds. The number of rotatable bonds is 8. The predicted molar refractivity (Wildman–Crippen MR) is 72.8 cm³/mol. The smallest absolute Gasteiger partial charge is 0.212 e. The Morgan fingerprint density at radius 3 is 2.56 bits per heavy atom. The highest BCUT2D eigenvalue weighted by molar-refractivity contribution is 7.89. The van der Waals surface area contributed by atoms with Crippen molar-refractivity contribution in [3.05, 3.63) is 0 Å². The molecule has 18 heavy (non-hydrogen) atoms. The molecule has 1 fully saturated rings. The maximum atomic E-state index is 12.0. The second-order valence-electron chi connectivity index (χ2n) is 5.12. The summed E-state index contributed by atoms with van der Waals surface area (Å²) in [7, 11) is -1.61. The van der Waals surface area contributed by atoms with Crippen molar-refractivity contribution in [1.82, 2.24) is 4.72 Å². The van der Waals surface area contributed by atoms with Gasteiger partial charge in [0.2, 0.25) is 10.0 Å². The first-order chi connectivity index (χ1) is 8.57. The van der Waals surface area contributed by atoms with Crippen LogP contribution in [0.15, 0.2) is 0 Å². The van der Waals surface area contributed by atoms with Crippen LogP contribution in [0.25, 0.3) is 0 Å². The molecule has 5 nitrogen and oxygen atoms in total. The fraction of sp³-hybridized carbons (Fsp3) is 1.00. The van der Waals surface area contributed by atoms with Crippen LogP contribution in [0.1, 0.15) is 38.5 Å². The number of nitrogens with one attached hydrogen (secondary N) is 1. The lowest BCUT2D eigenvalue weighted by atomic mass is 9.91. The molecule has 0 aromatic heterocycles. The topological polar surface area (TPSA) is 81.4 Å². The molecule has 0 bridgehead atoms. The van der Waals surface area contributed by atoms with Crippen molar-refractivity contribution in [2.75, 3.05) is 26.0 Å². The van der Waals surface area contributed by atoms with Crippen LogP contribution in [0.4, 0.5) is 0 Å². The van der Waals surface area contributed by atoms with Crippen molar-refractivity contribution in [2.24, 2.45) is 11.7 Å². The van der Waals surface area contributed by atoms with Crippen molar-refractivity contribution in [3.8, 4) is 0 Å². The van der Waals surface area contributed by atoms with Crippen LogP contribution in [-0.4, -0.2) is 40.5 Å². The normalized spacial score (nSPS) is 19.9. The van der Waals surface area contributed by atoms with Crippen LogP contribution in [-0.2, 0) is 14.8 Å². The number of nitrogens with two attached hydrogens (primary N) is 1. The van der Waals surface area contributed by atoms with Crippen molar-refractivity contribution in [1.29, 1.82) is 0 Å². The molecule has 0 heterocycles. The molecule has 0 aliphatic heterocycles. The fourth-order valence-corrected chi connectivity index (χ4v) is 4.22. The van der Waals surface area contributed by atoms with E-state index in [9.17, 15) is 8.42 Å². The number of sulfonamides is 1. The lowest BCUT2D eigenvalue weighted by Crippen LogP contribution is -2.43. The van der Waals surface area contributed by atoms with Crippen LogP contribution in [0.2, 0.25) is 0 Å². The van der Waals surface area contributed by atoms with Gasteiger partial charge in [-0.1, -0.05) is 19.3 Å². The van der Waals surface area contributed by atoms with E-state index in [-0.39, 0.29) is 11.8 Å². The summed E-state index contributed by atoms with van der Waals surface area (Å²) in [4.78, 5) is 0. The van der Waals surface area contributed by atoms with Gasteiger partial charge in [-0.15, -0.1) is 0 Å². The van der Waals surface area contributed by atoms with Gasteiger partial charge >= 0.3 is 0 Å². The fourth-order valence-electron chi connectivity index (χ4n) is 2.45. The average molecular weight is 278 g/mol. The summed E-state index contributed by atoms with van der Waals surface area (Å²) in [6.45, 7) is 0.834. The summed E-state index contributed by atoms with van der Waals surface area (Å²) >= 11 is 0. The molecule has 0 radical (unpaired) electrons. The molecule has 6 heteroatoms. The van der Waals surface area contributed by atoms with Crippen molar-refractivity contribution >= 4 is 10.0 Å². The Labute approximate surface area is 111 Å². The molecule has 1 aliphatic rings. The van der Waals surface area contributed by atoms with E-state index in [4.69, 9.17) is 10.5 Å². The van der Waals surface area contributed by atoms with Crippen LogP contribution >= 0.6 is 0 Å². The maximum Gasteiger partial charge on any atom is 0.212 e. The highest BCUT2D eigenvalue weighted by atomic mass is 32.2. The van der Waals surface area contributed by atoms with Gasteiger partial charge in [0.25, 0.3) is 0 Å². The molecule has 1 unspecified atom stereocenters. The molecule has 108 valence electrons. The summed E-state index contributed by atoms with van der Waals surface area (Å²) in [6, 6.07) is -0.210. The zero-order chi connectivity index (χ0) is 13.4. The minimum absolute atomic E-state index is 0.210. The molecule has 0 saturated heterocycles. The summed E-state index contributed by atoms with van der Waals surface area (Å²) in [5.74, 6) is 0.563. The van der Waals surface area contributed by atoms with Gasteiger partial charge in [-0.2, -0.15) is 0 Å². The van der Waals surface area contributed by atoms with E-state index in [1.165, 1.54) is 6.42 Å². The lowest BCUT2D eigenvalue weighted by molar-refractivity contribution is 0.186. The Morgan fingerprint density at radius 2 is 2.00 bits per heavy atom. The van der Waals surface area contributed by atoms with Crippen LogP contribution in [0.3, 0.4) is 0 Å². The van der Waals surface area contributed by atoms with E-state index in [2.05, 4.69) is 4.72 Å². The third-order valence-electron chi connectivity index (χ3n) is 3.48. The minimum atomic E-state index is -3.21.